The molecule has 1 aliphatic rings. The highest BCUT2D eigenvalue weighted by molar-refractivity contribution is 5.68. The predicted octanol–water partition coefficient (Wildman–Crippen LogP) is 2.18. The average Bonchev–Trinajstić information content (AvgIpc) is 2.20. The van der Waals surface area contributed by atoms with E-state index < -0.39 is 0 Å². The van der Waals surface area contributed by atoms with E-state index >= 15 is 0 Å². The summed E-state index contributed by atoms with van der Waals surface area (Å²) in [6.07, 6.45) is 0.469. The summed E-state index contributed by atoms with van der Waals surface area (Å²) in [6, 6.07) is 8.36. The van der Waals surface area contributed by atoms with Gasteiger partial charge in [-0.1, -0.05) is 25.1 Å². The van der Waals surface area contributed by atoms with E-state index in [1.165, 1.54) is 18.4 Å². The molecule has 0 radical (unpaired) electrons. The average molecular weight is 193 g/mol. The van der Waals surface area contributed by atoms with E-state index in [-0.39, 0.29) is 5.97 Å². The summed E-state index contributed by atoms with van der Waals surface area (Å²) < 4.78 is 4.26. The number of hydrogen-bond acceptors (Lipinski definition) is 3. The normalized spacial score (nSPS) is 11.0. The van der Waals surface area contributed by atoms with Gasteiger partial charge in [0.1, 0.15) is 0 Å². The van der Waals surface area contributed by atoms with Crippen molar-refractivity contribution in [1.29, 1.82) is 0 Å². The number of methoxy groups -OCH3 is 1. The lowest BCUT2D eigenvalue weighted by atomic mass is 10.1. The number of rotatable bonds is 1. The van der Waals surface area contributed by atoms with Crippen LogP contribution in [0.15, 0.2) is 24.3 Å². The fourth-order valence-corrected chi connectivity index (χ4v) is 1.08. The minimum absolute atomic E-state index is 0.157. The van der Waals surface area contributed by atoms with Gasteiger partial charge in [-0.15, -0.1) is 0 Å². The second kappa shape index (κ2) is 5.27. The summed E-state index contributed by atoms with van der Waals surface area (Å²) in [5, 5.41) is 3.19. The first-order valence-corrected chi connectivity index (χ1v) is 4.66. The van der Waals surface area contributed by atoms with Gasteiger partial charge in [0.25, 0.3) is 0 Å². The van der Waals surface area contributed by atoms with Crippen molar-refractivity contribution in [2.24, 2.45) is 0 Å². The molecule has 1 aromatic carbocycles. The maximum Gasteiger partial charge on any atom is 0.305 e. The smallest absolute Gasteiger partial charge is 0.305 e. The molecule has 0 atom stereocenters. The number of nitrogens with one attached hydrogen (secondary N) is 1. The molecule has 76 valence electrons. The van der Waals surface area contributed by atoms with Gasteiger partial charge < -0.3 is 10.1 Å². The highest BCUT2D eigenvalue weighted by Crippen LogP contribution is 2.23. The van der Waals surface area contributed by atoms with Crippen molar-refractivity contribution in [3.63, 3.8) is 0 Å². The van der Waals surface area contributed by atoms with E-state index in [1.807, 2.05) is 6.07 Å². The van der Waals surface area contributed by atoms with Crippen molar-refractivity contribution < 1.29 is 9.53 Å². The van der Waals surface area contributed by atoms with E-state index in [4.69, 9.17) is 0 Å². The van der Waals surface area contributed by atoms with E-state index in [0.29, 0.717) is 6.42 Å². The molecule has 0 saturated heterocycles. The zero-order chi connectivity index (χ0) is 10.4. The number of anilines is 1. The largest absolute Gasteiger partial charge is 0.469 e. The van der Waals surface area contributed by atoms with Gasteiger partial charge in [0.15, 0.2) is 0 Å². The molecule has 0 aliphatic carbocycles. The van der Waals surface area contributed by atoms with Crippen LogP contribution in [0.25, 0.3) is 0 Å². The van der Waals surface area contributed by atoms with Crippen molar-refractivity contribution in [3.05, 3.63) is 29.8 Å². The fraction of sp³-hybridized carbons (Fsp3) is 0.364. The summed E-state index contributed by atoms with van der Waals surface area (Å²) in [5.74, 6) is -0.157. The van der Waals surface area contributed by atoms with E-state index in [0.717, 1.165) is 6.54 Å². The first kappa shape index (κ1) is 10.6. The Morgan fingerprint density at radius 1 is 1.50 bits per heavy atom. The van der Waals surface area contributed by atoms with Crippen LogP contribution in [0.1, 0.15) is 18.9 Å². The minimum atomic E-state index is -0.157. The van der Waals surface area contributed by atoms with Crippen LogP contribution < -0.4 is 5.32 Å². The molecule has 0 aromatic heterocycles. The number of fused-ring (bicyclic) bond motifs is 1. The summed E-state index contributed by atoms with van der Waals surface area (Å²) in [4.78, 5) is 9.96. The second-order valence-electron chi connectivity index (χ2n) is 2.94. The molecule has 0 saturated carbocycles. The van der Waals surface area contributed by atoms with Crippen molar-refractivity contribution in [3.8, 4) is 0 Å². The Hall–Kier alpha value is -1.51. The third-order valence-electron chi connectivity index (χ3n) is 2.00. The Morgan fingerprint density at radius 2 is 2.21 bits per heavy atom. The quantitative estimate of drug-likeness (QED) is 0.695. The first-order chi connectivity index (χ1) is 6.77. The molecular formula is C11H15NO2. The number of carbonyl (C=O) groups is 1. The van der Waals surface area contributed by atoms with Gasteiger partial charge in [0, 0.05) is 18.7 Å². The maximum absolute atomic E-state index is 9.96. The zero-order valence-corrected chi connectivity index (χ0v) is 8.54. The van der Waals surface area contributed by atoms with Crippen LogP contribution in [0.2, 0.25) is 0 Å². The fourth-order valence-electron chi connectivity index (χ4n) is 1.08. The Labute approximate surface area is 84.1 Å². The molecule has 0 unspecified atom stereocenters. The summed E-state index contributed by atoms with van der Waals surface area (Å²) in [5.41, 5.74) is 2.74. The zero-order valence-electron chi connectivity index (χ0n) is 8.54. The molecule has 3 nitrogen and oxygen atoms in total. The summed E-state index contributed by atoms with van der Waals surface area (Å²) >= 11 is 0. The van der Waals surface area contributed by atoms with Crippen LogP contribution in [-0.4, -0.2) is 13.1 Å². The van der Waals surface area contributed by atoms with Gasteiger partial charge in [-0.3, -0.25) is 4.79 Å². The summed E-state index contributed by atoms with van der Waals surface area (Å²) in [6.45, 7) is 2.81. The van der Waals surface area contributed by atoms with Crippen LogP contribution in [0.4, 0.5) is 5.69 Å². The van der Waals surface area contributed by atoms with Crippen LogP contribution in [0.3, 0.4) is 0 Å². The first-order valence-electron chi connectivity index (χ1n) is 4.66. The monoisotopic (exact) mass is 193 g/mol. The molecule has 14 heavy (non-hydrogen) atoms. The molecule has 2 rings (SSSR count). The van der Waals surface area contributed by atoms with Gasteiger partial charge in [-0.2, -0.15) is 0 Å². The lowest BCUT2D eigenvalue weighted by Gasteiger charge is -2.19. The Morgan fingerprint density at radius 3 is 2.43 bits per heavy atom. The second-order valence-corrected chi connectivity index (χ2v) is 2.94. The highest BCUT2D eigenvalue weighted by Gasteiger charge is 2.07. The lowest BCUT2D eigenvalue weighted by Crippen LogP contribution is -2.12. The molecule has 1 N–H and O–H groups in total. The number of benzene rings is 1. The Kier molecular flexibility index (Phi) is 3.98. The van der Waals surface area contributed by atoms with Gasteiger partial charge in [0.05, 0.1) is 7.11 Å². The molecule has 1 aromatic rings. The molecule has 3 heteroatoms. The molecule has 0 bridgehead atoms. The van der Waals surface area contributed by atoms with Crippen molar-refractivity contribution in [2.75, 3.05) is 12.4 Å². The number of carbonyl (C=O) groups excluding carboxylic acids is 1. The van der Waals surface area contributed by atoms with E-state index in [1.54, 1.807) is 6.92 Å². The van der Waals surface area contributed by atoms with Crippen molar-refractivity contribution >= 4 is 11.7 Å². The molecule has 1 heterocycles. The van der Waals surface area contributed by atoms with Gasteiger partial charge in [-0.05, 0) is 11.6 Å². The topological polar surface area (TPSA) is 38.3 Å². The molecule has 0 amide bonds. The predicted molar refractivity (Wildman–Crippen MR) is 56.1 cm³/mol. The van der Waals surface area contributed by atoms with Gasteiger partial charge in [0.2, 0.25) is 0 Å². The Bertz CT molecular complexity index is 281. The molecule has 0 spiro atoms. The van der Waals surface area contributed by atoms with E-state index in [9.17, 15) is 4.79 Å². The van der Waals surface area contributed by atoms with Crippen LogP contribution >= 0.6 is 0 Å². The van der Waals surface area contributed by atoms with Crippen LogP contribution in [-0.2, 0) is 16.1 Å². The van der Waals surface area contributed by atoms with E-state index in [2.05, 4.69) is 28.3 Å². The number of hydrogen-bond donors (Lipinski definition) is 1. The van der Waals surface area contributed by atoms with Gasteiger partial charge in [-0.25, -0.2) is 0 Å². The third kappa shape index (κ3) is 2.76. The lowest BCUT2D eigenvalue weighted by molar-refractivity contribution is -0.140. The molecule has 1 aliphatic heterocycles. The maximum atomic E-state index is 9.96. The minimum Gasteiger partial charge on any atom is -0.469 e. The highest BCUT2D eigenvalue weighted by atomic mass is 16.5. The number of para-hydroxylation sites is 1. The number of ether oxygens (including phenoxy) is 1. The molecule has 0 fully saturated rings. The van der Waals surface area contributed by atoms with Gasteiger partial charge >= 0.3 is 5.97 Å². The van der Waals surface area contributed by atoms with Crippen LogP contribution in [0, 0.1) is 0 Å². The van der Waals surface area contributed by atoms with Crippen molar-refractivity contribution in [2.45, 2.75) is 19.9 Å². The van der Waals surface area contributed by atoms with Crippen molar-refractivity contribution in [1.82, 2.24) is 0 Å². The van der Waals surface area contributed by atoms with Crippen LogP contribution in [0.5, 0.6) is 0 Å². The molecular weight excluding hydrogens is 178 g/mol. The summed E-state index contributed by atoms with van der Waals surface area (Å²) in [7, 11) is 1.38. The number of esters is 1. The standard InChI is InChI=1S/C7H7N.C4H8O2/c1-2-4-7-6(3-1)5-8-7;1-3-4(5)6-2/h1-4,8H,5H2;3H2,1-2H3. The SMILES string of the molecule is CCC(=O)OC.c1ccc2c(c1)CN2. The third-order valence-corrected chi connectivity index (χ3v) is 2.00. The Balaban J connectivity index is 0.000000149.